The summed E-state index contributed by atoms with van der Waals surface area (Å²) >= 11 is 0. The highest BCUT2D eigenvalue weighted by Crippen LogP contribution is 2.10. The van der Waals surface area contributed by atoms with E-state index >= 15 is 0 Å². The summed E-state index contributed by atoms with van der Waals surface area (Å²) < 4.78 is 12.8. The highest BCUT2D eigenvalue weighted by atomic mass is 19.1. The SMILES string of the molecule is Cc1cc(F)ccc1CCNCC(N)C(N)=O. The average Bonchev–Trinajstić information content (AvgIpc) is 2.26. The number of halogens is 1. The molecule has 0 aliphatic carbocycles. The molecule has 94 valence electrons. The van der Waals surface area contributed by atoms with Crippen molar-refractivity contribution >= 4 is 5.91 Å². The number of hydrogen-bond acceptors (Lipinski definition) is 3. The van der Waals surface area contributed by atoms with Crippen molar-refractivity contribution in [3.05, 3.63) is 35.1 Å². The van der Waals surface area contributed by atoms with E-state index in [4.69, 9.17) is 11.5 Å². The van der Waals surface area contributed by atoms with Crippen LogP contribution in [0.2, 0.25) is 0 Å². The van der Waals surface area contributed by atoms with Crippen molar-refractivity contribution in [3.8, 4) is 0 Å². The van der Waals surface area contributed by atoms with Gasteiger partial charge in [0.2, 0.25) is 5.91 Å². The fourth-order valence-electron chi connectivity index (χ4n) is 1.52. The van der Waals surface area contributed by atoms with E-state index in [0.717, 1.165) is 17.5 Å². The maximum atomic E-state index is 12.8. The van der Waals surface area contributed by atoms with Crippen LogP contribution in [0, 0.1) is 12.7 Å². The summed E-state index contributed by atoms with van der Waals surface area (Å²) in [6, 6.07) is 4.05. The maximum Gasteiger partial charge on any atom is 0.235 e. The van der Waals surface area contributed by atoms with Gasteiger partial charge in [-0.2, -0.15) is 0 Å². The first kappa shape index (κ1) is 13.6. The topological polar surface area (TPSA) is 81.1 Å². The summed E-state index contributed by atoms with van der Waals surface area (Å²) in [7, 11) is 0. The molecule has 1 amide bonds. The van der Waals surface area contributed by atoms with Gasteiger partial charge < -0.3 is 16.8 Å². The molecule has 0 spiro atoms. The number of carbonyl (C=O) groups excluding carboxylic acids is 1. The molecule has 0 radical (unpaired) electrons. The van der Waals surface area contributed by atoms with Crippen molar-refractivity contribution in [2.45, 2.75) is 19.4 Å². The predicted octanol–water partition coefficient (Wildman–Crippen LogP) is 0.0788. The van der Waals surface area contributed by atoms with Crippen molar-refractivity contribution in [2.75, 3.05) is 13.1 Å². The molecule has 1 rings (SSSR count). The van der Waals surface area contributed by atoms with Gasteiger partial charge in [-0.15, -0.1) is 0 Å². The van der Waals surface area contributed by atoms with E-state index in [2.05, 4.69) is 5.32 Å². The summed E-state index contributed by atoms with van der Waals surface area (Å²) in [5.74, 6) is -0.745. The van der Waals surface area contributed by atoms with Crippen LogP contribution in [0.5, 0.6) is 0 Å². The number of amides is 1. The standard InChI is InChI=1S/C12H18FN3O/c1-8-6-10(13)3-2-9(8)4-5-16-7-11(14)12(15)17/h2-3,6,11,16H,4-5,7,14H2,1H3,(H2,15,17). The van der Waals surface area contributed by atoms with Crippen molar-refractivity contribution in [3.63, 3.8) is 0 Å². The zero-order chi connectivity index (χ0) is 12.8. The number of rotatable bonds is 6. The van der Waals surface area contributed by atoms with Crippen LogP contribution in [-0.2, 0) is 11.2 Å². The van der Waals surface area contributed by atoms with Gasteiger partial charge in [-0.3, -0.25) is 4.79 Å². The predicted molar refractivity (Wildman–Crippen MR) is 64.9 cm³/mol. The van der Waals surface area contributed by atoms with Crippen LogP contribution in [0.15, 0.2) is 18.2 Å². The molecule has 5 heteroatoms. The molecule has 0 aromatic heterocycles. The fourth-order valence-corrected chi connectivity index (χ4v) is 1.52. The summed E-state index contributed by atoms with van der Waals surface area (Å²) in [5, 5.41) is 3.04. The molecule has 1 aromatic rings. The van der Waals surface area contributed by atoms with Crippen LogP contribution in [0.4, 0.5) is 4.39 Å². The number of primary amides is 1. The Labute approximate surface area is 100 Å². The highest BCUT2D eigenvalue weighted by molar-refractivity contribution is 5.79. The van der Waals surface area contributed by atoms with Gasteiger partial charge >= 0.3 is 0 Å². The molecule has 1 aromatic carbocycles. The quantitative estimate of drug-likeness (QED) is 0.615. The Morgan fingerprint density at radius 3 is 2.82 bits per heavy atom. The molecule has 0 bridgehead atoms. The number of carbonyl (C=O) groups is 1. The minimum absolute atomic E-state index is 0.227. The molecule has 1 unspecified atom stereocenters. The number of nitrogens with one attached hydrogen (secondary N) is 1. The molecule has 17 heavy (non-hydrogen) atoms. The lowest BCUT2D eigenvalue weighted by atomic mass is 10.1. The van der Waals surface area contributed by atoms with Crippen LogP contribution >= 0.6 is 0 Å². The molecule has 1 atom stereocenters. The molecule has 5 N–H and O–H groups in total. The normalized spacial score (nSPS) is 12.4. The van der Waals surface area contributed by atoms with Crippen molar-refractivity contribution < 1.29 is 9.18 Å². The van der Waals surface area contributed by atoms with Crippen molar-refractivity contribution in [2.24, 2.45) is 11.5 Å². The van der Waals surface area contributed by atoms with Crippen LogP contribution in [0.1, 0.15) is 11.1 Å². The first-order valence-electron chi connectivity index (χ1n) is 5.51. The lowest BCUT2D eigenvalue weighted by Gasteiger charge is -2.10. The van der Waals surface area contributed by atoms with Crippen molar-refractivity contribution in [1.82, 2.24) is 5.32 Å². The van der Waals surface area contributed by atoms with E-state index in [1.54, 1.807) is 6.07 Å². The van der Waals surface area contributed by atoms with Crippen LogP contribution in [-0.4, -0.2) is 25.0 Å². The van der Waals surface area contributed by atoms with Gasteiger partial charge in [-0.05, 0) is 43.1 Å². The van der Waals surface area contributed by atoms with E-state index in [0.29, 0.717) is 13.1 Å². The van der Waals surface area contributed by atoms with E-state index in [1.807, 2.05) is 6.92 Å². The second-order valence-corrected chi connectivity index (χ2v) is 4.03. The Hall–Kier alpha value is -1.46. The highest BCUT2D eigenvalue weighted by Gasteiger charge is 2.07. The molecule has 0 heterocycles. The second-order valence-electron chi connectivity index (χ2n) is 4.03. The van der Waals surface area contributed by atoms with E-state index in [9.17, 15) is 9.18 Å². The van der Waals surface area contributed by atoms with Gasteiger partial charge in [0, 0.05) is 6.54 Å². The van der Waals surface area contributed by atoms with Crippen LogP contribution in [0.3, 0.4) is 0 Å². The van der Waals surface area contributed by atoms with E-state index in [-0.39, 0.29) is 5.82 Å². The lowest BCUT2D eigenvalue weighted by molar-refractivity contribution is -0.119. The summed E-state index contributed by atoms with van der Waals surface area (Å²) in [6.07, 6.45) is 0.762. The second kappa shape index (κ2) is 6.32. The maximum absolute atomic E-state index is 12.8. The lowest BCUT2D eigenvalue weighted by Crippen LogP contribution is -2.44. The van der Waals surface area contributed by atoms with Crippen molar-refractivity contribution in [1.29, 1.82) is 0 Å². The average molecular weight is 239 g/mol. The van der Waals surface area contributed by atoms with Gasteiger partial charge in [0.05, 0.1) is 6.04 Å². The summed E-state index contributed by atoms with van der Waals surface area (Å²) in [6.45, 7) is 2.90. The summed E-state index contributed by atoms with van der Waals surface area (Å²) in [5.41, 5.74) is 12.5. The zero-order valence-electron chi connectivity index (χ0n) is 9.87. The number of benzene rings is 1. The number of aryl methyl sites for hydroxylation is 1. The Balaban J connectivity index is 2.34. The number of hydrogen-bond donors (Lipinski definition) is 3. The Kier molecular flexibility index (Phi) is 5.06. The van der Waals surface area contributed by atoms with Gasteiger partial charge in [0.15, 0.2) is 0 Å². The van der Waals surface area contributed by atoms with E-state index < -0.39 is 11.9 Å². The third-order valence-corrected chi connectivity index (χ3v) is 2.61. The Morgan fingerprint density at radius 1 is 1.53 bits per heavy atom. The van der Waals surface area contributed by atoms with E-state index in [1.165, 1.54) is 12.1 Å². The first-order chi connectivity index (χ1) is 8.00. The monoisotopic (exact) mass is 239 g/mol. The molecule has 4 nitrogen and oxygen atoms in total. The minimum atomic E-state index is -0.663. The molecular formula is C12H18FN3O. The van der Waals surface area contributed by atoms with Gasteiger partial charge in [-0.25, -0.2) is 4.39 Å². The molecule has 0 saturated heterocycles. The largest absolute Gasteiger partial charge is 0.368 e. The van der Waals surface area contributed by atoms with Gasteiger partial charge in [-0.1, -0.05) is 6.07 Å². The fraction of sp³-hybridized carbons (Fsp3) is 0.417. The van der Waals surface area contributed by atoms with Crippen LogP contribution < -0.4 is 16.8 Å². The Bertz CT molecular complexity index is 395. The van der Waals surface area contributed by atoms with Gasteiger partial charge in [0.1, 0.15) is 5.82 Å². The summed E-state index contributed by atoms with van der Waals surface area (Å²) in [4.78, 5) is 10.7. The Morgan fingerprint density at radius 2 is 2.24 bits per heavy atom. The molecule has 0 saturated carbocycles. The zero-order valence-corrected chi connectivity index (χ0v) is 9.87. The van der Waals surface area contributed by atoms with Crippen LogP contribution in [0.25, 0.3) is 0 Å². The first-order valence-corrected chi connectivity index (χ1v) is 5.51. The molecule has 0 aliphatic rings. The minimum Gasteiger partial charge on any atom is -0.368 e. The third-order valence-electron chi connectivity index (χ3n) is 2.61. The molecular weight excluding hydrogens is 221 g/mol. The molecule has 0 aliphatic heterocycles. The smallest absolute Gasteiger partial charge is 0.235 e. The molecule has 0 fully saturated rings. The number of nitrogens with two attached hydrogens (primary N) is 2. The van der Waals surface area contributed by atoms with Gasteiger partial charge in [0.25, 0.3) is 0 Å². The third kappa shape index (κ3) is 4.50.